The lowest BCUT2D eigenvalue weighted by molar-refractivity contribution is -0.0754. The molecule has 0 saturated heterocycles. The van der Waals surface area contributed by atoms with Crippen LogP contribution in [0.1, 0.15) is 15.2 Å². The van der Waals surface area contributed by atoms with Crippen LogP contribution >= 0.6 is 11.3 Å². The number of hydroxylamine groups is 2. The van der Waals surface area contributed by atoms with Gasteiger partial charge in [0.2, 0.25) is 0 Å². The van der Waals surface area contributed by atoms with Gasteiger partial charge in [-0.25, -0.2) is 10.0 Å². The largest absolute Gasteiger partial charge is 0.313 e. The zero-order valence-corrected chi connectivity index (χ0v) is 10.4. The van der Waals surface area contributed by atoms with Gasteiger partial charge in [-0.2, -0.15) is 0 Å². The number of hydrogen-bond acceptors (Lipinski definition) is 5. The highest BCUT2D eigenvalue weighted by molar-refractivity contribution is 7.20. The molecule has 6 nitrogen and oxygen atoms in total. The summed E-state index contributed by atoms with van der Waals surface area (Å²) in [5.41, 5.74) is 0.399. The quantitative estimate of drug-likeness (QED) is 0.808. The summed E-state index contributed by atoms with van der Waals surface area (Å²) in [5, 5.41) is 1.58. The molecule has 1 N–H and O–H groups in total. The van der Waals surface area contributed by atoms with Gasteiger partial charge in [-0.05, 0) is 12.5 Å². The van der Waals surface area contributed by atoms with Crippen molar-refractivity contribution < 1.29 is 9.63 Å². The summed E-state index contributed by atoms with van der Waals surface area (Å²) >= 11 is 1.19. The number of rotatable bonds is 2. The Morgan fingerprint density at radius 1 is 1.59 bits per heavy atom. The number of carbonyl (C=O) groups is 1. The van der Waals surface area contributed by atoms with Crippen molar-refractivity contribution in [3.8, 4) is 0 Å². The Balaban J connectivity index is 2.65. The number of nitrogens with zero attached hydrogens (tertiary/aromatic N) is 2. The molecule has 0 aliphatic heterocycles. The molecule has 0 saturated carbocycles. The number of nitrogens with one attached hydrogen (secondary N) is 1. The van der Waals surface area contributed by atoms with E-state index in [0.29, 0.717) is 20.7 Å². The van der Waals surface area contributed by atoms with Crippen LogP contribution in [-0.2, 0) is 4.84 Å². The van der Waals surface area contributed by atoms with Gasteiger partial charge in [0.25, 0.3) is 11.5 Å². The van der Waals surface area contributed by atoms with E-state index in [1.807, 2.05) is 0 Å². The van der Waals surface area contributed by atoms with E-state index < -0.39 is 0 Å². The third-order valence-electron chi connectivity index (χ3n) is 2.49. The number of hydrogen-bond donors (Lipinski definition) is 1. The lowest BCUT2D eigenvalue weighted by atomic mass is 10.2. The molecule has 0 spiro atoms. The van der Waals surface area contributed by atoms with Crippen LogP contribution in [0.3, 0.4) is 0 Å². The molecule has 0 aliphatic carbocycles. The fraction of sp³-hybridized carbons (Fsp3) is 0.300. The van der Waals surface area contributed by atoms with E-state index in [1.54, 1.807) is 6.92 Å². The van der Waals surface area contributed by atoms with Crippen LogP contribution in [-0.4, -0.2) is 35.1 Å². The van der Waals surface area contributed by atoms with Gasteiger partial charge >= 0.3 is 0 Å². The minimum atomic E-state index is -0.285. The van der Waals surface area contributed by atoms with Crippen molar-refractivity contribution in [3.05, 3.63) is 27.1 Å². The first kappa shape index (κ1) is 11.7. The van der Waals surface area contributed by atoms with Gasteiger partial charge in [-0.1, -0.05) is 0 Å². The van der Waals surface area contributed by atoms with Crippen molar-refractivity contribution in [1.82, 2.24) is 15.0 Å². The van der Waals surface area contributed by atoms with Gasteiger partial charge in [-0.15, -0.1) is 11.3 Å². The van der Waals surface area contributed by atoms with Gasteiger partial charge in [0, 0.05) is 7.05 Å². The fourth-order valence-electron chi connectivity index (χ4n) is 1.51. The topological polar surface area (TPSA) is 75.3 Å². The van der Waals surface area contributed by atoms with Crippen molar-refractivity contribution in [2.24, 2.45) is 0 Å². The van der Waals surface area contributed by atoms with Gasteiger partial charge < -0.3 is 4.98 Å². The summed E-state index contributed by atoms with van der Waals surface area (Å²) in [5.74, 6) is -0.285. The molecule has 90 valence electrons. The van der Waals surface area contributed by atoms with E-state index in [-0.39, 0.29) is 11.5 Å². The first-order chi connectivity index (χ1) is 8.06. The SMILES string of the molecule is CON(C)C(=O)c1sc2nc[nH]c(=O)c2c1C. The van der Waals surface area contributed by atoms with Gasteiger partial charge in [0.1, 0.15) is 9.71 Å². The van der Waals surface area contributed by atoms with Crippen molar-refractivity contribution >= 4 is 27.5 Å². The maximum absolute atomic E-state index is 11.9. The van der Waals surface area contributed by atoms with Crippen molar-refractivity contribution in [2.45, 2.75) is 6.92 Å². The molecule has 2 heterocycles. The average Bonchev–Trinajstić information content (AvgIpc) is 2.66. The Morgan fingerprint density at radius 2 is 2.29 bits per heavy atom. The number of aryl methyl sites for hydroxylation is 1. The van der Waals surface area contributed by atoms with Crippen molar-refractivity contribution in [2.75, 3.05) is 14.2 Å². The highest BCUT2D eigenvalue weighted by Gasteiger charge is 2.20. The molecule has 2 aromatic heterocycles. The molecule has 0 aliphatic rings. The molecular formula is C10H11N3O3S. The smallest absolute Gasteiger partial charge is 0.287 e. The molecule has 0 radical (unpaired) electrons. The molecule has 0 unspecified atom stereocenters. The van der Waals surface area contributed by atoms with Crippen LogP contribution < -0.4 is 5.56 Å². The van der Waals surface area contributed by atoms with Gasteiger partial charge in [0.05, 0.1) is 18.8 Å². The molecule has 0 atom stereocenters. The summed E-state index contributed by atoms with van der Waals surface area (Å²) in [6.45, 7) is 1.73. The van der Waals surface area contributed by atoms with E-state index in [1.165, 1.54) is 31.8 Å². The second-order valence-corrected chi connectivity index (χ2v) is 4.45. The predicted octanol–water partition coefficient (Wildman–Crippen LogP) is 0.926. The van der Waals surface area contributed by atoms with Crippen LogP contribution in [0.4, 0.5) is 0 Å². The Labute approximate surface area is 101 Å². The van der Waals surface area contributed by atoms with Crippen LogP contribution in [0, 0.1) is 6.92 Å². The highest BCUT2D eigenvalue weighted by Crippen LogP contribution is 2.27. The molecule has 2 aromatic rings. The van der Waals surface area contributed by atoms with Crippen LogP contribution in [0.5, 0.6) is 0 Å². The van der Waals surface area contributed by atoms with E-state index in [2.05, 4.69) is 9.97 Å². The number of amides is 1. The highest BCUT2D eigenvalue weighted by atomic mass is 32.1. The van der Waals surface area contributed by atoms with E-state index in [9.17, 15) is 9.59 Å². The summed E-state index contributed by atoms with van der Waals surface area (Å²) in [6, 6.07) is 0. The minimum absolute atomic E-state index is 0.233. The zero-order chi connectivity index (χ0) is 12.6. The normalized spacial score (nSPS) is 10.8. The third-order valence-corrected chi connectivity index (χ3v) is 3.67. The molecule has 2 rings (SSSR count). The van der Waals surface area contributed by atoms with Crippen LogP contribution in [0.15, 0.2) is 11.1 Å². The molecule has 0 aromatic carbocycles. The Morgan fingerprint density at radius 3 is 2.88 bits per heavy atom. The summed E-state index contributed by atoms with van der Waals surface area (Å²) in [4.78, 5) is 36.0. The standard InChI is InChI=1S/C10H11N3O3S/c1-5-6-8(14)11-4-12-9(6)17-7(5)10(15)13(2)16-3/h4H,1-3H3,(H,11,12,14). The molecule has 0 bridgehead atoms. The molecule has 7 heteroatoms. The zero-order valence-electron chi connectivity index (χ0n) is 9.60. The Hall–Kier alpha value is -1.73. The number of aromatic nitrogens is 2. The summed E-state index contributed by atoms with van der Waals surface area (Å²) < 4.78 is 0. The molecule has 1 amide bonds. The number of thiophene rings is 1. The maximum Gasteiger partial charge on any atom is 0.287 e. The second-order valence-electron chi connectivity index (χ2n) is 3.45. The lowest BCUT2D eigenvalue weighted by Crippen LogP contribution is -2.25. The maximum atomic E-state index is 11.9. The van der Waals surface area contributed by atoms with Crippen molar-refractivity contribution in [1.29, 1.82) is 0 Å². The third kappa shape index (κ3) is 1.83. The van der Waals surface area contributed by atoms with Crippen molar-refractivity contribution in [3.63, 3.8) is 0 Å². The summed E-state index contributed by atoms with van der Waals surface area (Å²) in [7, 11) is 2.93. The van der Waals surface area contributed by atoms with E-state index >= 15 is 0 Å². The number of fused-ring (bicyclic) bond motifs is 1. The molecular weight excluding hydrogens is 242 g/mol. The first-order valence-corrected chi connectivity index (χ1v) is 5.67. The first-order valence-electron chi connectivity index (χ1n) is 4.85. The Kier molecular flexibility index (Phi) is 2.95. The summed E-state index contributed by atoms with van der Waals surface area (Å²) in [6.07, 6.45) is 1.33. The monoisotopic (exact) mass is 253 g/mol. The van der Waals surface area contributed by atoms with E-state index in [0.717, 1.165) is 5.06 Å². The lowest BCUT2D eigenvalue weighted by Gasteiger charge is -2.12. The predicted molar refractivity (Wildman–Crippen MR) is 64.1 cm³/mol. The average molecular weight is 253 g/mol. The van der Waals surface area contributed by atoms with Gasteiger partial charge in [0.15, 0.2) is 0 Å². The van der Waals surface area contributed by atoms with Crippen LogP contribution in [0.2, 0.25) is 0 Å². The number of carbonyl (C=O) groups excluding carboxylic acids is 1. The molecule has 17 heavy (non-hydrogen) atoms. The minimum Gasteiger partial charge on any atom is -0.313 e. The Bertz CT molecular complexity index is 631. The van der Waals surface area contributed by atoms with E-state index in [4.69, 9.17) is 4.84 Å². The molecule has 0 fully saturated rings. The van der Waals surface area contributed by atoms with Crippen LogP contribution in [0.25, 0.3) is 10.2 Å². The van der Waals surface area contributed by atoms with Gasteiger partial charge in [-0.3, -0.25) is 14.4 Å². The number of H-pyrrole nitrogens is 1. The number of aromatic amines is 1. The second kappa shape index (κ2) is 4.27. The fourth-order valence-corrected chi connectivity index (χ4v) is 2.63.